The molecule has 3 rings (SSSR count). The molecule has 0 spiro atoms. The zero-order chi connectivity index (χ0) is 13.8. The summed E-state index contributed by atoms with van der Waals surface area (Å²) in [4.78, 5) is 11.1. The molecule has 20 heavy (non-hydrogen) atoms. The Hall–Kier alpha value is -3.20. The Labute approximate surface area is 114 Å². The molecule has 96 valence electrons. The van der Waals surface area contributed by atoms with Crippen LogP contribution in [0.25, 0.3) is 23.7 Å². The largest absolute Gasteiger partial charge is 0.328 e. The van der Waals surface area contributed by atoms with Crippen LogP contribution in [0.1, 0.15) is 16.8 Å². The van der Waals surface area contributed by atoms with Crippen molar-refractivity contribution in [3.05, 3.63) is 53.7 Å². The third kappa shape index (κ3) is 2.33. The summed E-state index contributed by atoms with van der Waals surface area (Å²) in [5.74, 6) is 0.588. The Kier molecular flexibility index (Phi) is 3.08. The van der Waals surface area contributed by atoms with Crippen LogP contribution in [0.2, 0.25) is 0 Å². The monoisotopic (exact) mass is 262 g/mol. The minimum Gasteiger partial charge on any atom is -0.328 e. The second kappa shape index (κ2) is 5.20. The second-order valence-electron chi connectivity index (χ2n) is 4.08. The highest BCUT2D eigenvalue weighted by Gasteiger charge is 2.09. The van der Waals surface area contributed by atoms with Gasteiger partial charge in [-0.3, -0.25) is 10.1 Å². The van der Waals surface area contributed by atoms with Gasteiger partial charge in [-0.1, -0.05) is 18.2 Å². The van der Waals surface area contributed by atoms with Crippen molar-refractivity contribution in [2.24, 2.45) is 0 Å². The standard InChI is InChI=1S/C14H10N6/c15-6-12-9-17-14(19-12)13-11(8-18-20-13)4-3-10-2-1-5-16-7-10/h1-5,7-9H,(H,17,19)(H,18,20). The van der Waals surface area contributed by atoms with E-state index >= 15 is 0 Å². The number of rotatable bonds is 3. The molecule has 0 aliphatic rings. The summed E-state index contributed by atoms with van der Waals surface area (Å²) < 4.78 is 0. The molecule has 0 radical (unpaired) electrons. The van der Waals surface area contributed by atoms with E-state index in [1.807, 2.05) is 30.4 Å². The molecule has 0 bridgehead atoms. The fourth-order valence-electron chi connectivity index (χ4n) is 1.78. The summed E-state index contributed by atoms with van der Waals surface area (Å²) in [5, 5.41) is 15.7. The van der Waals surface area contributed by atoms with Gasteiger partial charge in [-0.2, -0.15) is 10.4 Å². The van der Waals surface area contributed by atoms with Crippen LogP contribution < -0.4 is 0 Å². The number of pyridine rings is 1. The van der Waals surface area contributed by atoms with Crippen LogP contribution in [0.5, 0.6) is 0 Å². The molecule has 0 saturated heterocycles. The van der Waals surface area contributed by atoms with Crippen LogP contribution >= 0.6 is 0 Å². The summed E-state index contributed by atoms with van der Waals surface area (Å²) >= 11 is 0. The lowest BCUT2D eigenvalue weighted by molar-refractivity contribution is 1.08. The summed E-state index contributed by atoms with van der Waals surface area (Å²) in [7, 11) is 0. The van der Waals surface area contributed by atoms with E-state index in [0.717, 1.165) is 16.8 Å². The number of hydrogen-bond acceptors (Lipinski definition) is 4. The highest BCUT2D eigenvalue weighted by atomic mass is 15.1. The molecule has 2 N–H and O–H groups in total. The predicted octanol–water partition coefficient (Wildman–Crippen LogP) is 2.24. The Morgan fingerprint density at radius 3 is 2.90 bits per heavy atom. The Bertz CT molecular complexity index is 775. The fourth-order valence-corrected chi connectivity index (χ4v) is 1.78. The lowest BCUT2D eigenvalue weighted by Gasteiger charge is -1.94. The maximum Gasteiger partial charge on any atom is 0.157 e. The summed E-state index contributed by atoms with van der Waals surface area (Å²) in [6.07, 6.45) is 10.6. The molecule has 0 unspecified atom stereocenters. The molecule has 0 fully saturated rings. The van der Waals surface area contributed by atoms with Crippen molar-refractivity contribution in [2.45, 2.75) is 0 Å². The van der Waals surface area contributed by atoms with Gasteiger partial charge in [0.15, 0.2) is 5.82 Å². The third-order valence-corrected chi connectivity index (χ3v) is 2.74. The molecule has 0 aromatic carbocycles. The van der Waals surface area contributed by atoms with Crippen LogP contribution in [0.15, 0.2) is 36.9 Å². The maximum absolute atomic E-state index is 8.80. The van der Waals surface area contributed by atoms with Gasteiger partial charge in [-0.05, 0) is 11.6 Å². The van der Waals surface area contributed by atoms with E-state index in [0.29, 0.717) is 11.5 Å². The van der Waals surface area contributed by atoms with Crippen molar-refractivity contribution >= 4 is 12.2 Å². The molecule has 0 amide bonds. The quantitative estimate of drug-likeness (QED) is 0.756. The maximum atomic E-state index is 8.80. The first-order valence-corrected chi connectivity index (χ1v) is 5.94. The van der Waals surface area contributed by atoms with Gasteiger partial charge in [0.25, 0.3) is 0 Å². The first-order valence-electron chi connectivity index (χ1n) is 5.94. The van der Waals surface area contributed by atoms with Crippen LogP contribution in [0.3, 0.4) is 0 Å². The SMILES string of the molecule is N#Cc1cnc(-c2[nH]ncc2C=Cc2cccnc2)[nH]1. The average molecular weight is 262 g/mol. The van der Waals surface area contributed by atoms with Crippen LogP contribution in [-0.4, -0.2) is 25.1 Å². The van der Waals surface area contributed by atoms with Gasteiger partial charge in [0.1, 0.15) is 17.5 Å². The van der Waals surface area contributed by atoms with Crippen LogP contribution in [-0.2, 0) is 0 Å². The number of H-pyrrole nitrogens is 2. The smallest absolute Gasteiger partial charge is 0.157 e. The van der Waals surface area contributed by atoms with Crippen molar-refractivity contribution < 1.29 is 0 Å². The topological polar surface area (TPSA) is 94.0 Å². The molecule has 0 aliphatic heterocycles. The van der Waals surface area contributed by atoms with Gasteiger partial charge in [0.2, 0.25) is 0 Å². The van der Waals surface area contributed by atoms with E-state index in [9.17, 15) is 0 Å². The van der Waals surface area contributed by atoms with E-state index in [1.54, 1.807) is 18.6 Å². The number of nitrogens with zero attached hydrogens (tertiary/aromatic N) is 4. The number of aromatic nitrogens is 5. The molecule has 3 aromatic heterocycles. The van der Waals surface area contributed by atoms with Crippen LogP contribution in [0.4, 0.5) is 0 Å². The molecule has 6 nitrogen and oxygen atoms in total. The van der Waals surface area contributed by atoms with E-state index in [4.69, 9.17) is 5.26 Å². The van der Waals surface area contributed by atoms with Crippen molar-refractivity contribution in [2.75, 3.05) is 0 Å². The number of hydrogen-bond donors (Lipinski definition) is 2. The Morgan fingerprint density at radius 1 is 1.20 bits per heavy atom. The molecule has 3 heterocycles. The van der Waals surface area contributed by atoms with E-state index in [1.165, 1.54) is 6.20 Å². The zero-order valence-electron chi connectivity index (χ0n) is 10.4. The van der Waals surface area contributed by atoms with Gasteiger partial charge in [-0.15, -0.1) is 0 Å². The van der Waals surface area contributed by atoms with Crippen molar-refractivity contribution in [1.82, 2.24) is 25.1 Å². The summed E-state index contributed by atoms with van der Waals surface area (Å²) in [6.45, 7) is 0. The van der Waals surface area contributed by atoms with E-state index in [2.05, 4.69) is 25.1 Å². The molecule has 0 aliphatic carbocycles. The lowest BCUT2D eigenvalue weighted by Crippen LogP contribution is -1.84. The molecule has 6 heteroatoms. The normalized spacial score (nSPS) is 10.8. The van der Waals surface area contributed by atoms with Gasteiger partial charge in [0.05, 0.1) is 12.4 Å². The third-order valence-electron chi connectivity index (χ3n) is 2.74. The lowest BCUT2D eigenvalue weighted by atomic mass is 10.2. The summed E-state index contributed by atoms with van der Waals surface area (Å²) in [5.41, 5.74) is 3.04. The Balaban J connectivity index is 1.91. The first-order chi connectivity index (χ1) is 9.86. The fraction of sp³-hybridized carbons (Fsp3) is 0. The van der Waals surface area contributed by atoms with Gasteiger partial charge in [0, 0.05) is 18.0 Å². The van der Waals surface area contributed by atoms with Gasteiger partial charge in [-0.25, -0.2) is 4.98 Å². The average Bonchev–Trinajstić information content (AvgIpc) is 3.14. The number of aromatic amines is 2. The molecule has 3 aromatic rings. The van der Waals surface area contributed by atoms with Gasteiger partial charge < -0.3 is 4.98 Å². The molecule has 0 saturated carbocycles. The second-order valence-corrected chi connectivity index (χ2v) is 4.08. The summed E-state index contributed by atoms with van der Waals surface area (Å²) in [6, 6.07) is 5.85. The molecular weight excluding hydrogens is 252 g/mol. The minimum absolute atomic E-state index is 0.414. The first kappa shape index (κ1) is 11.9. The predicted molar refractivity (Wildman–Crippen MR) is 74.0 cm³/mol. The number of nitrogens with one attached hydrogen (secondary N) is 2. The number of imidazole rings is 1. The zero-order valence-corrected chi connectivity index (χ0v) is 10.4. The minimum atomic E-state index is 0.414. The highest BCUT2D eigenvalue weighted by molar-refractivity contribution is 5.76. The van der Waals surface area contributed by atoms with E-state index in [-0.39, 0.29) is 0 Å². The highest BCUT2D eigenvalue weighted by Crippen LogP contribution is 2.19. The van der Waals surface area contributed by atoms with Crippen molar-refractivity contribution in [1.29, 1.82) is 5.26 Å². The Morgan fingerprint density at radius 2 is 2.15 bits per heavy atom. The van der Waals surface area contributed by atoms with E-state index < -0.39 is 0 Å². The van der Waals surface area contributed by atoms with Crippen molar-refractivity contribution in [3.63, 3.8) is 0 Å². The number of nitriles is 1. The molecule has 0 atom stereocenters. The molecular formula is C14H10N6. The van der Waals surface area contributed by atoms with Crippen LogP contribution in [0, 0.1) is 11.3 Å². The van der Waals surface area contributed by atoms with Crippen molar-refractivity contribution in [3.8, 4) is 17.6 Å². The van der Waals surface area contributed by atoms with Gasteiger partial charge >= 0.3 is 0 Å².